The molecule has 0 radical (unpaired) electrons. The number of aromatic nitrogens is 3. The number of nitrogens with zero attached hydrogens (tertiary/aromatic N) is 3. The lowest BCUT2D eigenvalue weighted by Gasteiger charge is -2.08. The SMILES string of the molecule is Cc1ccc2oc(=O)c3cnn(CC(=O)Nc4cccnc4Cl)c3c2c1. The quantitative estimate of drug-likeness (QED) is 0.443. The van der Waals surface area contributed by atoms with Crippen molar-refractivity contribution >= 4 is 45.1 Å². The summed E-state index contributed by atoms with van der Waals surface area (Å²) in [5, 5.41) is 8.14. The standard InChI is InChI=1S/C18H13ClN4O3/c1-10-4-5-14-11(7-10)16-12(18(25)26-14)8-21-23(16)9-15(24)22-13-3-2-6-20-17(13)19/h2-8H,9H2,1H3,(H,22,24). The van der Waals surface area contributed by atoms with Crippen LogP contribution < -0.4 is 10.9 Å². The van der Waals surface area contributed by atoms with Gasteiger partial charge >= 0.3 is 5.63 Å². The van der Waals surface area contributed by atoms with Crippen molar-refractivity contribution in [2.45, 2.75) is 13.5 Å². The topological polar surface area (TPSA) is 90.0 Å². The first kappa shape index (κ1) is 16.3. The van der Waals surface area contributed by atoms with Crippen LogP contribution in [0.4, 0.5) is 5.69 Å². The van der Waals surface area contributed by atoms with E-state index in [1.165, 1.54) is 17.1 Å². The summed E-state index contributed by atoms with van der Waals surface area (Å²) < 4.78 is 6.80. The smallest absolute Gasteiger partial charge is 0.347 e. The Morgan fingerprint density at radius 3 is 2.96 bits per heavy atom. The van der Waals surface area contributed by atoms with E-state index in [9.17, 15) is 9.59 Å². The molecule has 1 amide bonds. The molecule has 0 aliphatic rings. The Kier molecular flexibility index (Phi) is 3.93. The minimum Gasteiger partial charge on any atom is -0.422 e. The molecule has 7 nitrogen and oxygen atoms in total. The number of fused-ring (bicyclic) bond motifs is 3. The van der Waals surface area contributed by atoms with Gasteiger partial charge in [0.2, 0.25) is 5.91 Å². The van der Waals surface area contributed by atoms with Gasteiger partial charge in [-0.2, -0.15) is 5.10 Å². The Morgan fingerprint density at radius 1 is 1.31 bits per heavy atom. The Labute approximate surface area is 152 Å². The number of nitrogens with one attached hydrogen (secondary N) is 1. The highest BCUT2D eigenvalue weighted by molar-refractivity contribution is 6.32. The molecule has 1 N–H and O–H groups in total. The van der Waals surface area contributed by atoms with E-state index in [1.807, 2.05) is 19.1 Å². The zero-order valence-electron chi connectivity index (χ0n) is 13.7. The number of carbonyl (C=O) groups excluding carboxylic acids is 1. The summed E-state index contributed by atoms with van der Waals surface area (Å²) in [5.41, 5.74) is 1.94. The molecule has 4 aromatic rings. The average molecular weight is 369 g/mol. The molecule has 8 heteroatoms. The first-order chi connectivity index (χ1) is 12.5. The van der Waals surface area contributed by atoms with Crippen molar-refractivity contribution in [3.05, 3.63) is 63.9 Å². The number of aryl methyl sites for hydroxylation is 1. The number of amides is 1. The molecule has 0 bridgehead atoms. The highest BCUT2D eigenvalue weighted by Gasteiger charge is 2.16. The second kappa shape index (κ2) is 6.27. The normalized spacial score (nSPS) is 11.2. The van der Waals surface area contributed by atoms with Crippen LogP contribution in [0, 0.1) is 6.92 Å². The summed E-state index contributed by atoms with van der Waals surface area (Å²) in [6.07, 6.45) is 2.94. The molecule has 3 aromatic heterocycles. The van der Waals surface area contributed by atoms with Gasteiger partial charge in [-0.15, -0.1) is 0 Å². The lowest BCUT2D eigenvalue weighted by molar-refractivity contribution is -0.116. The summed E-state index contributed by atoms with van der Waals surface area (Å²) in [4.78, 5) is 28.5. The van der Waals surface area contributed by atoms with E-state index in [1.54, 1.807) is 18.2 Å². The molecule has 0 aliphatic heterocycles. The van der Waals surface area contributed by atoms with Crippen molar-refractivity contribution in [1.29, 1.82) is 0 Å². The first-order valence-corrected chi connectivity index (χ1v) is 8.20. The zero-order valence-corrected chi connectivity index (χ0v) is 14.4. The largest absolute Gasteiger partial charge is 0.422 e. The third kappa shape index (κ3) is 2.82. The van der Waals surface area contributed by atoms with Gasteiger partial charge < -0.3 is 9.73 Å². The average Bonchev–Trinajstić information content (AvgIpc) is 3.02. The Hall–Kier alpha value is -3.19. The summed E-state index contributed by atoms with van der Waals surface area (Å²) in [5.74, 6) is -0.334. The van der Waals surface area contributed by atoms with Crippen LogP contribution in [0.15, 0.2) is 51.9 Å². The van der Waals surface area contributed by atoms with Gasteiger partial charge in [0, 0.05) is 11.6 Å². The van der Waals surface area contributed by atoms with Gasteiger partial charge in [0.05, 0.1) is 17.4 Å². The van der Waals surface area contributed by atoms with Gasteiger partial charge in [-0.3, -0.25) is 9.48 Å². The monoisotopic (exact) mass is 368 g/mol. The van der Waals surface area contributed by atoms with Crippen molar-refractivity contribution in [2.24, 2.45) is 0 Å². The summed E-state index contributed by atoms with van der Waals surface area (Å²) in [6.45, 7) is 1.86. The summed E-state index contributed by atoms with van der Waals surface area (Å²) >= 11 is 5.96. The van der Waals surface area contributed by atoms with Crippen LogP contribution in [-0.4, -0.2) is 20.7 Å². The summed E-state index contributed by atoms with van der Waals surface area (Å²) in [7, 11) is 0. The fraction of sp³-hybridized carbons (Fsp3) is 0.111. The van der Waals surface area contributed by atoms with Gasteiger partial charge in [0.15, 0.2) is 5.15 Å². The van der Waals surface area contributed by atoms with Crippen molar-refractivity contribution in [3.63, 3.8) is 0 Å². The van der Waals surface area contributed by atoms with Gasteiger partial charge in [-0.25, -0.2) is 9.78 Å². The van der Waals surface area contributed by atoms with Crippen LogP contribution in [0.1, 0.15) is 5.56 Å². The zero-order chi connectivity index (χ0) is 18.3. The van der Waals surface area contributed by atoms with Crippen LogP contribution in [0.3, 0.4) is 0 Å². The molecular formula is C18H13ClN4O3. The number of rotatable bonds is 3. The van der Waals surface area contributed by atoms with E-state index in [0.29, 0.717) is 22.2 Å². The lowest BCUT2D eigenvalue weighted by atomic mass is 10.1. The minimum atomic E-state index is -0.488. The predicted molar refractivity (Wildman–Crippen MR) is 98.4 cm³/mol. The number of benzene rings is 1. The van der Waals surface area contributed by atoms with Gasteiger partial charge in [0.25, 0.3) is 0 Å². The second-order valence-electron chi connectivity index (χ2n) is 5.84. The van der Waals surface area contributed by atoms with E-state index in [0.717, 1.165) is 10.9 Å². The molecule has 0 spiro atoms. The first-order valence-electron chi connectivity index (χ1n) is 7.82. The molecule has 0 unspecified atom stereocenters. The molecular weight excluding hydrogens is 356 g/mol. The third-order valence-electron chi connectivity index (χ3n) is 3.98. The highest BCUT2D eigenvalue weighted by atomic mass is 35.5. The van der Waals surface area contributed by atoms with E-state index in [4.69, 9.17) is 16.0 Å². The number of carbonyl (C=O) groups is 1. The van der Waals surface area contributed by atoms with Crippen molar-refractivity contribution in [2.75, 3.05) is 5.32 Å². The van der Waals surface area contributed by atoms with Crippen LogP contribution in [0.5, 0.6) is 0 Å². The second-order valence-corrected chi connectivity index (χ2v) is 6.20. The molecule has 0 saturated carbocycles. The van der Waals surface area contributed by atoms with Crippen LogP contribution in [-0.2, 0) is 11.3 Å². The maximum Gasteiger partial charge on any atom is 0.347 e. The fourth-order valence-corrected chi connectivity index (χ4v) is 2.98. The van der Waals surface area contributed by atoms with Crippen LogP contribution in [0.25, 0.3) is 21.9 Å². The van der Waals surface area contributed by atoms with Crippen molar-refractivity contribution in [1.82, 2.24) is 14.8 Å². The molecule has 26 heavy (non-hydrogen) atoms. The lowest BCUT2D eigenvalue weighted by Crippen LogP contribution is -2.20. The number of hydrogen-bond acceptors (Lipinski definition) is 5. The molecule has 3 heterocycles. The number of hydrogen-bond donors (Lipinski definition) is 1. The number of anilines is 1. The van der Waals surface area contributed by atoms with Crippen LogP contribution in [0.2, 0.25) is 5.15 Å². The molecule has 0 fully saturated rings. The molecule has 4 rings (SSSR count). The molecule has 0 saturated heterocycles. The fourth-order valence-electron chi connectivity index (χ4n) is 2.82. The van der Waals surface area contributed by atoms with Gasteiger partial charge in [-0.05, 0) is 31.2 Å². The highest BCUT2D eigenvalue weighted by Crippen LogP contribution is 2.24. The number of pyridine rings is 1. The van der Waals surface area contributed by atoms with Gasteiger partial charge in [0.1, 0.15) is 17.5 Å². The Balaban J connectivity index is 1.76. The van der Waals surface area contributed by atoms with E-state index in [2.05, 4.69) is 15.4 Å². The minimum absolute atomic E-state index is 0.0821. The van der Waals surface area contributed by atoms with Crippen molar-refractivity contribution < 1.29 is 9.21 Å². The van der Waals surface area contributed by atoms with Crippen molar-refractivity contribution in [3.8, 4) is 0 Å². The van der Waals surface area contributed by atoms with E-state index in [-0.39, 0.29) is 17.6 Å². The Morgan fingerprint density at radius 2 is 2.15 bits per heavy atom. The molecule has 0 aliphatic carbocycles. The maximum atomic E-state index is 12.4. The van der Waals surface area contributed by atoms with E-state index >= 15 is 0 Å². The third-order valence-corrected chi connectivity index (χ3v) is 4.28. The molecule has 1 aromatic carbocycles. The van der Waals surface area contributed by atoms with Gasteiger partial charge in [-0.1, -0.05) is 23.2 Å². The predicted octanol–water partition coefficient (Wildman–Crippen LogP) is 3.14. The number of halogens is 1. The van der Waals surface area contributed by atoms with E-state index < -0.39 is 5.63 Å². The van der Waals surface area contributed by atoms with Crippen LogP contribution >= 0.6 is 11.6 Å². The Bertz CT molecular complexity index is 1210. The summed E-state index contributed by atoms with van der Waals surface area (Å²) in [6, 6.07) is 8.82. The molecule has 130 valence electrons. The maximum absolute atomic E-state index is 12.4. The molecule has 0 atom stereocenters.